The smallest absolute Gasteiger partial charge is 0.304 e. The van der Waals surface area contributed by atoms with Gasteiger partial charge < -0.3 is 24.7 Å². The van der Waals surface area contributed by atoms with Crippen LogP contribution in [-0.2, 0) is 16.0 Å². The number of hydrogen-bond donors (Lipinski definition) is 2. The molecule has 2 N–H and O–H groups in total. The molecule has 2 atom stereocenters. The number of ether oxygens (including phenoxy) is 2. The largest absolute Gasteiger partial charge is 0.508 e. The van der Waals surface area contributed by atoms with Crippen LogP contribution < -0.4 is 4.74 Å². The predicted molar refractivity (Wildman–Crippen MR) is 88.2 cm³/mol. The number of carbonyl (C=O) groups is 1. The number of oxime groups is 1. The Balaban J connectivity index is 2.12. The van der Waals surface area contributed by atoms with Gasteiger partial charge in [0.1, 0.15) is 17.3 Å². The highest BCUT2D eigenvalue weighted by atomic mass is 16.6. The first-order valence-corrected chi connectivity index (χ1v) is 7.93. The Hall–Kier alpha value is -2.44. The molecule has 0 radical (unpaired) electrons. The van der Waals surface area contributed by atoms with Crippen molar-refractivity contribution in [2.24, 2.45) is 11.1 Å². The van der Waals surface area contributed by atoms with E-state index in [2.05, 4.69) is 5.16 Å². The molecule has 24 heavy (non-hydrogen) atoms. The highest BCUT2D eigenvalue weighted by Gasteiger charge is 2.32. The predicted octanol–water partition coefficient (Wildman–Crippen LogP) is 2.35. The zero-order valence-electron chi connectivity index (χ0n) is 14.2. The number of benzene rings is 1. The number of hydrogen-bond acceptors (Lipinski definition) is 6. The molecule has 1 aliphatic heterocycles. The van der Waals surface area contributed by atoms with Gasteiger partial charge in [0.25, 0.3) is 0 Å². The van der Waals surface area contributed by atoms with Crippen molar-refractivity contribution in [2.45, 2.75) is 39.3 Å². The number of rotatable bonds is 4. The fraction of sp³-hybridized carbons (Fsp3) is 0.529. The van der Waals surface area contributed by atoms with Gasteiger partial charge in [0.15, 0.2) is 6.23 Å². The molecule has 0 amide bonds. The SMILES string of the molecule is COc1ccc(O)c(CC2CCN(/C(C)=N/O)C(OC(C)=O)C2)c1. The third kappa shape index (κ3) is 4.31. The number of nitrogens with zero attached hydrogens (tertiary/aromatic N) is 2. The Morgan fingerprint density at radius 1 is 1.42 bits per heavy atom. The fourth-order valence-corrected chi connectivity index (χ4v) is 3.08. The molecule has 0 saturated carbocycles. The van der Waals surface area contributed by atoms with Gasteiger partial charge in [-0.05, 0) is 49.4 Å². The molecule has 1 aromatic rings. The number of likely N-dealkylation sites (tertiary alicyclic amines) is 1. The summed E-state index contributed by atoms with van der Waals surface area (Å²) in [7, 11) is 1.59. The van der Waals surface area contributed by atoms with Crippen LogP contribution >= 0.6 is 0 Å². The standard InChI is InChI=1S/C17H24N2O5/c1-11(18-22)19-7-6-13(9-17(19)24-12(2)20)8-14-10-15(23-3)4-5-16(14)21/h4-5,10,13,17,21-22H,6-9H2,1-3H3/b18-11+. The molecule has 1 heterocycles. The maximum absolute atomic E-state index is 11.4. The molecule has 0 aromatic heterocycles. The molecule has 2 unspecified atom stereocenters. The summed E-state index contributed by atoms with van der Waals surface area (Å²) in [5, 5.41) is 22.3. The summed E-state index contributed by atoms with van der Waals surface area (Å²) in [6.07, 6.45) is 1.62. The second-order valence-electron chi connectivity index (χ2n) is 5.99. The Morgan fingerprint density at radius 3 is 2.79 bits per heavy atom. The van der Waals surface area contributed by atoms with Crippen molar-refractivity contribution in [3.8, 4) is 11.5 Å². The zero-order valence-corrected chi connectivity index (χ0v) is 14.2. The van der Waals surface area contributed by atoms with Crippen molar-refractivity contribution in [3.63, 3.8) is 0 Å². The third-order valence-electron chi connectivity index (χ3n) is 4.32. The van der Waals surface area contributed by atoms with E-state index in [1.54, 1.807) is 31.1 Å². The van der Waals surface area contributed by atoms with Gasteiger partial charge in [0.05, 0.1) is 7.11 Å². The number of methoxy groups -OCH3 is 1. The molecular weight excluding hydrogens is 312 g/mol. The molecule has 1 saturated heterocycles. The van der Waals surface area contributed by atoms with Crippen molar-refractivity contribution in [3.05, 3.63) is 23.8 Å². The van der Waals surface area contributed by atoms with Crippen molar-refractivity contribution < 1.29 is 24.6 Å². The molecule has 1 fully saturated rings. The lowest BCUT2D eigenvalue weighted by molar-refractivity contribution is -0.156. The van der Waals surface area contributed by atoms with Crippen molar-refractivity contribution >= 4 is 11.8 Å². The summed E-state index contributed by atoms with van der Waals surface area (Å²) in [5.41, 5.74) is 0.807. The zero-order chi connectivity index (χ0) is 17.7. The summed E-state index contributed by atoms with van der Waals surface area (Å²) >= 11 is 0. The highest BCUT2D eigenvalue weighted by Crippen LogP contribution is 2.31. The summed E-state index contributed by atoms with van der Waals surface area (Å²) in [4.78, 5) is 13.1. The number of aromatic hydroxyl groups is 1. The van der Waals surface area contributed by atoms with Gasteiger partial charge >= 0.3 is 5.97 Å². The van der Waals surface area contributed by atoms with Crippen LogP contribution in [0.4, 0.5) is 0 Å². The van der Waals surface area contributed by atoms with E-state index in [-0.39, 0.29) is 17.6 Å². The lowest BCUT2D eigenvalue weighted by atomic mass is 9.88. The number of phenols is 1. The minimum Gasteiger partial charge on any atom is -0.508 e. The van der Waals surface area contributed by atoms with Gasteiger partial charge in [-0.1, -0.05) is 5.16 Å². The monoisotopic (exact) mass is 336 g/mol. The van der Waals surface area contributed by atoms with Gasteiger partial charge in [-0.3, -0.25) is 4.79 Å². The van der Waals surface area contributed by atoms with Gasteiger partial charge in [0, 0.05) is 19.9 Å². The minimum absolute atomic E-state index is 0.232. The average molecular weight is 336 g/mol. The molecule has 7 nitrogen and oxygen atoms in total. The van der Waals surface area contributed by atoms with E-state index in [0.29, 0.717) is 31.0 Å². The average Bonchev–Trinajstić information content (AvgIpc) is 2.56. The maximum Gasteiger partial charge on any atom is 0.304 e. The van der Waals surface area contributed by atoms with Gasteiger partial charge in [-0.2, -0.15) is 0 Å². The van der Waals surface area contributed by atoms with Crippen LogP contribution in [0.15, 0.2) is 23.4 Å². The van der Waals surface area contributed by atoms with Crippen LogP contribution in [0.25, 0.3) is 0 Å². The first kappa shape index (κ1) is 17.9. The van der Waals surface area contributed by atoms with Crippen LogP contribution in [0, 0.1) is 5.92 Å². The normalized spacial score (nSPS) is 21.5. The van der Waals surface area contributed by atoms with Crippen LogP contribution in [0.2, 0.25) is 0 Å². The Labute approximate surface area is 141 Å². The van der Waals surface area contributed by atoms with Gasteiger partial charge in [0.2, 0.25) is 0 Å². The van der Waals surface area contributed by atoms with Crippen LogP contribution in [0.3, 0.4) is 0 Å². The summed E-state index contributed by atoms with van der Waals surface area (Å²) < 4.78 is 10.6. The Bertz CT molecular complexity index is 617. The molecule has 0 bridgehead atoms. The fourth-order valence-electron chi connectivity index (χ4n) is 3.08. The first-order valence-electron chi connectivity index (χ1n) is 7.93. The van der Waals surface area contributed by atoms with E-state index in [9.17, 15) is 9.90 Å². The molecule has 0 aliphatic carbocycles. The van der Waals surface area contributed by atoms with E-state index in [4.69, 9.17) is 14.7 Å². The third-order valence-corrected chi connectivity index (χ3v) is 4.32. The topological polar surface area (TPSA) is 91.6 Å². The molecule has 132 valence electrons. The van der Waals surface area contributed by atoms with E-state index >= 15 is 0 Å². The van der Waals surface area contributed by atoms with Crippen LogP contribution in [0.1, 0.15) is 32.3 Å². The van der Waals surface area contributed by atoms with E-state index < -0.39 is 6.23 Å². The van der Waals surface area contributed by atoms with Gasteiger partial charge in [-0.25, -0.2) is 0 Å². The minimum atomic E-state index is -0.468. The molecule has 0 spiro atoms. The summed E-state index contributed by atoms with van der Waals surface area (Å²) in [5.74, 6) is 1.20. The Kier molecular flexibility index (Phi) is 5.89. The summed E-state index contributed by atoms with van der Waals surface area (Å²) in [6, 6.07) is 5.16. The number of esters is 1. The van der Waals surface area contributed by atoms with Crippen molar-refractivity contribution in [1.82, 2.24) is 4.90 Å². The second kappa shape index (κ2) is 7.90. The van der Waals surface area contributed by atoms with E-state index in [1.807, 2.05) is 6.07 Å². The van der Waals surface area contributed by atoms with Gasteiger partial charge in [-0.15, -0.1) is 0 Å². The van der Waals surface area contributed by atoms with Crippen LogP contribution in [-0.4, -0.2) is 46.9 Å². The molecule has 1 aromatic carbocycles. The molecule has 7 heteroatoms. The lowest BCUT2D eigenvalue weighted by Crippen LogP contribution is -2.47. The second-order valence-corrected chi connectivity index (χ2v) is 5.99. The highest BCUT2D eigenvalue weighted by molar-refractivity contribution is 5.79. The van der Waals surface area contributed by atoms with Crippen molar-refractivity contribution in [1.29, 1.82) is 0 Å². The first-order chi connectivity index (χ1) is 11.4. The van der Waals surface area contributed by atoms with Crippen molar-refractivity contribution in [2.75, 3.05) is 13.7 Å². The number of piperidine rings is 1. The quantitative estimate of drug-likeness (QED) is 0.288. The maximum atomic E-state index is 11.4. The molecule has 2 rings (SSSR count). The van der Waals surface area contributed by atoms with E-state index in [1.165, 1.54) is 6.92 Å². The molecule has 1 aliphatic rings. The summed E-state index contributed by atoms with van der Waals surface area (Å²) in [6.45, 7) is 3.65. The van der Waals surface area contributed by atoms with Crippen LogP contribution in [0.5, 0.6) is 11.5 Å². The lowest BCUT2D eigenvalue weighted by Gasteiger charge is -2.39. The van der Waals surface area contributed by atoms with E-state index in [0.717, 1.165) is 12.0 Å². The number of phenolic OH excluding ortho intramolecular Hbond substituents is 1. The number of carbonyl (C=O) groups excluding carboxylic acids is 1. The number of amidine groups is 1. The Morgan fingerprint density at radius 2 is 2.17 bits per heavy atom. The molecular formula is C17H24N2O5.